The van der Waals surface area contributed by atoms with E-state index in [9.17, 15) is 0 Å². The second kappa shape index (κ2) is 4.94. The Morgan fingerprint density at radius 2 is 2.00 bits per heavy atom. The van der Waals surface area contributed by atoms with E-state index in [4.69, 9.17) is 15.7 Å². The first kappa shape index (κ1) is 12.8. The molecule has 1 aromatic carbocycles. The molecule has 1 heterocycles. The van der Waals surface area contributed by atoms with Gasteiger partial charge in [0.1, 0.15) is 17.4 Å². The van der Waals surface area contributed by atoms with Crippen LogP contribution in [-0.2, 0) is 0 Å². The smallest absolute Gasteiger partial charge is 0.130 e. The van der Waals surface area contributed by atoms with Crippen LogP contribution >= 0.6 is 0 Å². The van der Waals surface area contributed by atoms with Crippen LogP contribution < -0.4 is 10.5 Å². The fourth-order valence-corrected chi connectivity index (χ4v) is 1.87. The summed E-state index contributed by atoms with van der Waals surface area (Å²) in [5.41, 5.74) is 8.63. The molecule has 19 heavy (non-hydrogen) atoms. The zero-order chi connectivity index (χ0) is 14.0. The number of nitrogens with two attached hydrogens (primary N) is 1. The molecule has 1 aromatic heterocycles. The van der Waals surface area contributed by atoms with Gasteiger partial charge >= 0.3 is 0 Å². The Morgan fingerprint density at radius 3 is 2.63 bits per heavy atom. The van der Waals surface area contributed by atoms with Gasteiger partial charge in [-0.15, -0.1) is 0 Å². The van der Waals surface area contributed by atoms with E-state index in [2.05, 4.69) is 16.0 Å². The molecule has 0 saturated carbocycles. The molecule has 96 valence electrons. The van der Waals surface area contributed by atoms with Gasteiger partial charge < -0.3 is 10.5 Å². The van der Waals surface area contributed by atoms with Crippen molar-refractivity contribution in [3.8, 4) is 23.1 Å². The first-order valence-electron chi connectivity index (χ1n) is 5.76. The molecule has 5 nitrogen and oxygen atoms in total. The third kappa shape index (κ3) is 2.33. The van der Waals surface area contributed by atoms with Gasteiger partial charge in [0.25, 0.3) is 0 Å². The third-order valence-electron chi connectivity index (χ3n) is 2.88. The van der Waals surface area contributed by atoms with Gasteiger partial charge in [-0.05, 0) is 32.0 Å². The van der Waals surface area contributed by atoms with Crippen molar-refractivity contribution < 1.29 is 4.74 Å². The molecular formula is C14H14N4O. The Labute approximate surface area is 111 Å². The molecule has 0 fully saturated rings. The molecule has 0 unspecified atom stereocenters. The number of hydrogen-bond acceptors (Lipinski definition) is 5. The number of benzene rings is 1. The van der Waals surface area contributed by atoms with Crippen LogP contribution in [0.3, 0.4) is 0 Å². The van der Waals surface area contributed by atoms with E-state index in [-0.39, 0.29) is 0 Å². The molecule has 2 aromatic rings. The van der Waals surface area contributed by atoms with Crippen LogP contribution in [0.5, 0.6) is 5.75 Å². The van der Waals surface area contributed by atoms with Crippen LogP contribution in [0.2, 0.25) is 0 Å². The van der Waals surface area contributed by atoms with Gasteiger partial charge in [0, 0.05) is 11.1 Å². The number of aryl methyl sites for hydroxylation is 1. The summed E-state index contributed by atoms with van der Waals surface area (Å²) < 4.78 is 5.32. The molecule has 0 aliphatic carbocycles. The van der Waals surface area contributed by atoms with E-state index in [1.807, 2.05) is 6.92 Å². The van der Waals surface area contributed by atoms with Gasteiger partial charge in [-0.3, -0.25) is 0 Å². The highest BCUT2D eigenvalue weighted by Gasteiger charge is 2.14. The second-order valence-corrected chi connectivity index (χ2v) is 4.16. The lowest BCUT2D eigenvalue weighted by atomic mass is 10.0. The third-order valence-corrected chi connectivity index (χ3v) is 2.88. The Morgan fingerprint density at radius 1 is 1.26 bits per heavy atom. The highest BCUT2D eigenvalue weighted by molar-refractivity contribution is 5.74. The van der Waals surface area contributed by atoms with Gasteiger partial charge in [-0.25, -0.2) is 9.97 Å². The number of nitrogens with zero attached hydrogens (tertiary/aromatic N) is 3. The van der Waals surface area contributed by atoms with Crippen molar-refractivity contribution >= 4 is 5.82 Å². The molecule has 0 aliphatic rings. The second-order valence-electron chi connectivity index (χ2n) is 4.16. The molecule has 2 rings (SSSR count). The number of hydrogen-bond donors (Lipinski definition) is 1. The predicted octanol–water partition coefficient (Wildman–Crippen LogP) is 2.22. The minimum Gasteiger partial charge on any atom is -0.496 e. The zero-order valence-electron chi connectivity index (χ0n) is 11.1. The average molecular weight is 254 g/mol. The number of rotatable bonds is 2. The predicted molar refractivity (Wildman–Crippen MR) is 72.6 cm³/mol. The molecular weight excluding hydrogens is 240 g/mol. The largest absolute Gasteiger partial charge is 0.496 e. The van der Waals surface area contributed by atoms with E-state index >= 15 is 0 Å². The summed E-state index contributed by atoms with van der Waals surface area (Å²) >= 11 is 0. The van der Waals surface area contributed by atoms with E-state index in [1.54, 1.807) is 32.2 Å². The SMILES string of the molecule is COc1ccc(C#N)cc1-c1nc(C)nc(N)c1C. The Bertz CT molecular complexity index is 674. The summed E-state index contributed by atoms with van der Waals surface area (Å²) in [4.78, 5) is 8.53. The van der Waals surface area contributed by atoms with Gasteiger partial charge in [0.15, 0.2) is 0 Å². The number of nitrogen functional groups attached to an aromatic ring is 1. The molecule has 0 radical (unpaired) electrons. The van der Waals surface area contributed by atoms with Crippen LogP contribution in [0.4, 0.5) is 5.82 Å². The molecule has 5 heteroatoms. The Kier molecular flexibility index (Phi) is 3.34. The monoisotopic (exact) mass is 254 g/mol. The van der Waals surface area contributed by atoms with Gasteiger partial charge in [-0.1, -0.05) is 0 Å². The highest BCUT2D eigenvalue weighted by atomic mass is 16.5. The molecule has 0 saturated heterocycles. The highest BCUT2D eigenvalue weighted by Crippen LogP contribution is 2.33. The lowest BCUT2D eigenvalue weighted by Crippen LogP contribution is -2.03. The quantitative estimate of drug-likeness (QED) is 0.888. The summed E-state index contributed by atoms with van der Waals surface area (Å²) in [6.07, 6.45) is 0. The summed E-state index contributed by atoms with van der Waals surface area (Å²) in [6.45, 7) is 3.63. The van der Waals surface area contributed by atoms with Crippen LogP contribution in [0.1, 0.15) is 17.0 Å². The molecule has 0 bridgehead atoms. The van der Waals surface area contributed by atoms with E-state index < -0.39 is 0 Å². The van der Waals surface area contributed by atoms with Crippen LogP contribution in [0.25, 0.3) is 11.3 Å². The fourth-order valence-electron chi connectivity index (χ4n) is 1.87. The first-order valence-corrected chi connectivity index (χ1v) is 5.76. The topological polar surface area (TPSA) is 84.8 Å². The molecule has 0 spiro atoms. The number of nitriles is 1. The molecule has 0 aliphatic heterocycles. The van der Waals surface area contributed by atoms with Crippen LogP contribution in [-0.4, -0.2) is 17.1 Å². The minimum absolute atomic E-state index is 0.437. The number of anilines is 1. The van der Waals surface area contributed by atoms with Crippen molar-refractivity contribution in [2.45, 2.75) is 13.8 Å². The van der Waals surface area contributed by atoms with Crippen LogP contribution in [0.15, 0.2) is 18.2 Å². The van der Waals surface area contributed by atoms with Crippen molar-refractivity contribution in [3.05, 3.63) is 35.2 Å². The standard InChI is InChI=1S/C14H14N4O/c1-8-13(17-9(2)18-14(8)16)11-6-10(7-15)4-5-12(11)19-3/h4-6H,1-3H3,(H2,16,17,18). The molecule has 2 N–H and O–H groups in total. The van der Waals surface area contributed by atoms with Crippen LogP contribution in [0, 0.1) is 25.2 Å². The van der Waals surface area contributed by atoms with Gasteiger partial charge in [-0.2, -0.15) is 5.26 Å². The van der Waals surface area contributed by atoms with E-state index in [1.165, 1.54) is 0 Å². The Hall–Kier alpha value is -2.61. The molecule has 0 atom stereocenters. The number of ether oxygens (including phenoxy) is 1. The maximum absolute atomic E-state index is 9.00. The number of methoxy groups -OCH3 is 1. The van der Waals surface area contributed by atoms with Crippen molar-refractivity contribution in [3.63, 3.8) is 0 Å². The summed E-state index contributed by atoms with van der Waals surface area (Å²) in [7, 11) is 1.58. The van der Waals surface area contributed by atoms with Crippen molar-refractivity contribution in [1.29, 1.82) is 5.26 Å². The summed E-state index contributed by atoms with van der Waals surface area (Å²) in [6, 6.07) is 7.30. The number of aromatic nitrogens is 2. The van der Waals surface area contributed by atoms with E-state index in [0.717, 1.165) is 11.1 Å². The fraction of sp³-hybridized carbons (Fsp3) is 0.214. The van der Waals surface area contributed by atoms with Crippen molar-refractivity contribution in [1.82, 2.24) is 9.97 Å². The van der Waals surface area contributed by atoms with Crippen molar-refractivity contribution in [2.24, 2.45) is 0 Å². The van der Waals surface area contributed by atoms with Gasteiger partial charge in [0.2, 0.25) is 0 Å². The lowest BCUT2D eigenvalue weighted by molar-refractivity contribution is 0.416. The lowest BCUT2D eigenvalue weighted by Gasteiger charge is -2.12. The van der Waals surface area contributed by atoms with Crippen molar-refractivity contribution in [2.75, 3.05) is 12.8 Å². The Balaban J connectivity index is 2.74. The first-order chi connectivity index (χ1) is 9.06. The minimum atomic E-state index is 0.437. The summed E-state index contributed by atoms with van der Waals surface area (Å²) in [5, 5.41) is 9.00. The summed E-state index contributed by atoms with van der Waals surface area (Å²) in [5.74, 6) is 1.68. The molecule has 0 amide bonds. The zero-order valence-corrected chi connectivity index (χ0v) is 11.1. The normalized spacial score (nSPS) is 10.0. The maximum Gasteiger partial charge on any atom is 0.130 e. The maximum atomic E-state index is 9.00. The average Bonchev–Trinajstić information content (AvgIpc) is 2.42. The van der Waals surface area contributed by atoms with Gasteiger partial charge in [0.05, 0.1) is 24.4 Å². The van der Waals surface area contributed by atoms with E-state index in [0.29, 0.717) is 28.6 Å².